The normalized spacial score (nSPS) is 11.1. The summed E-state index contributed by atoms with van der Waals surface area (Å²) in [5.41, 5.74) is 0. The van der Waals surface area contributed by atoms with Crippen LogP contribution in [-0.2, 0) is 14.6 Å². The SMILES string of the molecule is CCOc1ccc(S(=O)(=O)CC(=O)[O-])cc1. The molecule has 0 aliphatic rings. The maximum Gasteiger partial charge on any atom is 0.183 e. The van der Waals surface area contributed by atoms with E-state index in [4.69, 9.17) is 4.74 Å². The van der Waals surface area contributed by atoms with Gasteiger partial charge in [0.05, 0.1) is 23.2 Å². The van der Waals surface area contributed by atoms with Gasteiger partial charge in [-0.1, -0.05) is 0 Å². The van der Waals surface area contributed by atoms with Gasteiger partial charge in [-0.2, -0.15) is 0 Å². The molecule has 1 rings (SSSR count). The van der Waals surface area contributed by atoms with Gasteiger partial charge in [0, 0.05) is 0 Å². The van der Waals surface area contributed by atoms with Gasteiger partial charge in [-0.25, -0.2) is 8.42 Å². The van der Waals surface area contributed by atoms with E-state index in [0.29, 0.717) is 12.4 Å². The first-order valence-electron chi connectivity index (χ1n) is 4.61. The molecule has 16 heavy (non-hydrogen) atoms. The summed E-state index contributed by atoms with van der Waals surface area (Å²) in [6, 6.07) is 5.57. The zero-order valence-corrected chi connectivity index (χ0v) is 9.49. The lowest BCUT2D eigenvalue weighted by Gasteiger charge is -2.06. The molecule has 0 radical (unpaired) electrons. The molecule has 0 amide bonds. The van der Waals surface area contributed by atoms with E-state index in [1.165, 1.54) is 24.3 Å². The Hall–Kier alpha value is -1.56. The Morgan fingerprint density at radius 1 is 1.31 bits per heavy atom. The molecule has 0 atom stereocenters. The quantitative estimate of drug-likeness (QED) is 0.703. The van der Waals surface area contributed by atoms with Crippen LogP contribution >= 0.6 is 0 Å². The van der Waals surface area contributed by atoms with Crippen molar-refractivity contribution < 1.29 is 23.1 Å². The Morgan fingerprint density at radius 3 is 2.31 bits per heavy atom. The zero-order valence-electron chi connectivity index (χ0n) is 8.67. The summed E-state index contributed by atoms with van der Waals surface area (Å²) in [5.74, 6) is -2.09. The fraction of sp³-hybridized carbons (Fsp3) is 0.300. The third-order valence-electron chi connectivity index (χ3n) is 1.80. The van der Waals surface area contributed by atoms with Crippen LogP contribution in [0.5, 0.6) is 5.75 Å². The molecule has 0 spiro atoms. The molecule has 1 aromatic rings. The number of sulfone groups is 1. The lowest BCUT2D eigenvalue weighted by molar-refractivity contribution is -0.301. The number of rotatable bonds is 5. The van der Waals surface area contributed by atoms with E-state index in [1.807, 2.05) is 0 Å². The van der Waals surface area contributed by atoms with Gasteiger partial charge in [-0.3, -0.25) is 0 Å². The first-order valence-corrected chi connectivity index (χ1v) is 6.26. The Morgan fingerprint density at radius 2 is 1.88 bits per heavy atom. The minimum absolute atomic E-state index is 0.0554. The topological polar surface area (TPSA) is 83.5 Å². The van der Waals surface area contributed by atoms with Crippen molar-refractivity contribution in [3.8, 4) is 5.75 Å². The van der Waals surface area contributed by atoms with Gasteiger partial charge in [0.2, 0.25) is 0 Å². The van der Waals surface area contributed by atoms with Crippen molar-refractivity contribution in [1.29, 1.82) is 0 Å². The molecule has 0 N–H and O–H groups in total. The standard InChI is InChI=1S/C10H12O5S/c1-2-15-8-3-5-9(6-4-8)16(13,14)7-10(11)12/h3-6H,2,7H2,1H3,(H,11,12)/p-1. The highest BCUT2D eigenvalue weighted by Gasteiger charge is 2.14. The van der Waals surface area contributed by atoms with E-state index in [-0.39, 0.29) is 4.90 Å². The number of hydrogen-bond donors (Lipinski definition) is 0. The van der Waals surface area contributed by atoms with Gasteiger partial charge >= 0.3 is 0 Å². The van der Waals surface area contributed by atoms with Gasteiger partial charge in [0.25, 0.3) is 0 Å². The summed E-state index contributed by atoms with van der Waals surface area (Å²) in [6.45, 7) is 2.28. The fourth-order valence-corrected chi connectivity index (χ4v) is 2.18. The van der Waals surface area contributed by atoms with Crippen molar-refractivity contribution >= 4 is 15.8 Å². The summed E-state index contributed by atoms with van der Waals surface area (Å²) in [7, 11) is -3.81. The van der Waals surface area contributed by atoms with Crippen molar-refractivity contribution in [2.45, 2.75) is 11.8 Å². The minimum Gasteiger partial charge on any atom is -0.549 e. The van der Waals surface area contributed by atoms with Crippen LogP contribution in [0, 0.1) is 0 Å². The predicted octanol–water partition coefficient (Wildman–Crippen LogP) is -0.391. The highest BCUT2D eigenvalue weighted by atomic mass is 32.2. The molecule has 6 heteroatoms. The number of aliphatic carboxylic acids is 1. The average Bonchev–Trinajstić information content (AvgIpc) is 2.17. The average molecular weight is 243 g/mol. The lowest BCUT2D eigenvalue weighted by atomic mass is 10.3. The van der Waals surface area contributed by atoms with Crippen LogP contribution in [0.3, 0.4) is 0 Å². The Kier molecular flexibility index (Phi) is 3.89. The van der Waals surface area contributed by atoms with E-state index >= 15 is 0 Å². The van der Waals surface area contributed by atoms with Crippen LogP contribution < -0.4 is 9.84 Å². The van der Waals surface area contributed by atoms with Gasteiger partial charge in [0.1, 0.15) is 5.75 Å². The van der Waals surface area contributed by atoms with Gasteiger partial charge in [0.15, 0.2) is 9.84 Å². The number of hydrogen-bond acceptors (Lipinski definition) is 5. The van der Waals surface area contributed by atoms with Crippen molar-refractivity contribution in [3.05, 3.63) is 24.3 Å². The van der Waals surface area contributed by atoms with Gasteiger partial charge in [-0.05, 0) is 31.2 Å². The molecule has 0 aliphatic heterocycles. The maximum absolute atomic E-state index is 11.5. The molecule has 5 nitrogen and oxygen atoms in total. The highest BCUT2D eigenvalue weighted by molar-refractivity contribution is 7.92. The largest absolute Gasteiger partial charge is 0.549 e. The number of carboxylic acid groups (broad SMARTS) is 1. The molecule has 0 aromatic heterocycles. The van der Waals surface area contributed by atoms with Crippen LogP contribution in [0.1, 0.15) is 6.92 Å². The Balaban J connectivity index is 2.93. The van der Waals surface area contributed by atoms with Crippen molar-refractivity contribution in [1.82, 2.24) is 0 Å². The monoisotopic (exact) mass is 243 g/mol. The molecule has 88 valence electrons. The third kappa shape index (κ3) is 3.23. The molecule has 1 aromatic carbocycles. The Bertz CT molecular complexity index is 460. The second-order valence-electron chi connectivity index (χ2n) is 3.04. The Labute approximate surface area is 93.6 Å². The predicted molar refractivity (Wildman–Crippen MR) is 54.7 cm³/mol. The molecule has 0 unspecified atom stereocenters. The second kappa shape index (κ2) is 4.98. The first kappa shape index (κ1) is 12.5. The number of carboxylic acids is 1. The number of carbonyl (C=O) groups excluding carboxylic acids is 1. The van der Waals surface area contributed by atoms with E-state index in [1.54, 1.807) is 6.92 Å². The van der Waals surface area contributed by atoms with Gasteiger partial charge in [-0.15, -0.1) is 0 Å². The van der Waals surface area contributed by atoms with Crippen LogP contribution in [0.15, 0.2) is 29.2 Å². The summed E-state index contributed by atoms with van der Waals surface area (Å²) < 4.78 is 28.0. The number of ether oxygens (including phenoxy) is 1. The summed E-state index contributed by atoms with van der Waals surface area (Å²) >= 11 is 0. The molecule has 0 aliphatic carbocycles. The van der Waals surface area contributed by atoms with Crippen LogP contribution in [-0.4, -0.2) is 26.7 Å². The van der Waals surface area contributed by atoms with Crippen LogP contribution in [0.2, 0.25) is 0 Å². The van der Waals surface area contributed by atoms with E-state index < -0.39 is 21.6 Å². The van der Waals surface area contributed by atoms with Crippen molar-refractivity contribution in [2.75, 3.05) is 12.4 Å². The molecule has 0 heterocycles. The van der Waals surface area contributed by atoms with E-state index in [2.05, 4.69) is 0 Å². The van der Waals surface area contributed by atoms with E-state index in [9.17, 15) is 18.3 Å². The zero-order chi connectivity index (χ0) is 12.2. The number of benzene rings is 1. The molecule has 0 saturated carbocycles. The fourth-order valence-electron chi connectivity index (χ4n) is 1.15. The van der Waals surface area contributed by atoms with Crippen LogP contribution in [0.4, 0.5) is 0 Å². The van der Waals surface area contributed by atoms with Crippen LogP contribution in [0.25, 0.3) is 0 Å². The molecular formula is C10H11O5S-. The lowest BCUT2D eigenvalue weighted by Crippen LogP contribution is -2.30. The number of carbonyl (C=O) groups is 1. The third-order valence-corrected chi connectivity index (χ3v) is 3.41. The molecule has 0 saturated heterocycles. The van der Waals surface area contributed by atoms with Crippen molar-refractivity contribution in [2.24, 2.45) is 0 Å². The molecule has 0 bridgehead atoms. The highest BCUT2D eigenvalue weighted by Crippen LogP contribution is 2.16. The second-order valence-corrected chi connectivity index (χ2v) is 5.03. The maximum atomic E-state index is 11.5. The smallest absolute Gasteiger partial charge is 0.183 e. The molecule has 0 fully saturated rings. The van der Waals surface area contributed by atoms with Crippen molar-refractivity contribution in [3.63, 3.8) is 0 Å². The van der Waals surface area contributed by atoms with Gasteiger partial charge < -0.3 is 14.6 Å². The minimum atomic E-state index is -3.81. The summed E-state index contributed by atoms with van der Waals surface area (Å²) in [6.07, 6.45) is 0. The van der Waals surface area contributed by atoms with E-state index in [0.717, 1.165) is 0 Å². The molecular weight excluding hydrogens is 232 g/mol. The summed E-state index contributed by atoms with van der Waals surface area (Å²) in [5, 5.41) is 10.2. The summed E-state index contributed by atoms with van der Waals surface area (Å²) in [4.78, 5) is 10.2. The first-order chi connectivity index (χ1) is 7.45.